The van der Waals surface area contributed by atoms with Crippen molar-refractivity contribution in [2.75, 3.05) is 0 Å². The van der Waals surface area contributed by atoms with Gasteiger partial charge in [-0.15, -0.1) is 0 Å². The molecule has 2 aromatic heterocycles. The number of carbonyl (C=O) groups is 2. The van der Waals surface area contributed by atoms with Gasteiger partial charge in [-0.05, 0) is 17.5 Å². The van der Waals surface area contributed by atoms with Gasteiger partial charge in [-0.1, -0.05) is 36.4 Å². The van der Waals surface area contributed by atoms with Crippen LogP contribution in [0.4, 0.5) is 5.69 Å². The Morgan fingerprint density at radius 2 is 1.43 bits per heavy atom. The summed E-state index contributed by atoms with van der Waals surface area (Å²) in [5.41, 5.74) is -0.358. The lowest BCUT2D eigenvalue weighted by molar-refractivity contribution is -0.383. The fourth-order valence-electron chi connectivity index (χ4n) is 2.98. The summed E-state index contributed by atoms with van der Waals surface area (Å²) in [6.07, 6.45) is 2.70. The molecule has 0 saturated heterocycles. The average molecular weight is 373 g/mol. The van der Waals surface area contributed by atoms with Crippen LogP contribution in [0.3, 0.4) is 0 Å². The second-order valence-electron chi connectivity index (χ2n) is 5.85. The molecule has 0 radical (unpaired) electrons. The molecule has 0 amide bonds. The van der Waals surface area contributed by atoms with Crippen LogP contribution in [0.1, 0.15) is 21.0 Å². The lowest BCUT2D eigenvalue weighted by atomic mass is 10.1. The molecular weight excluding hydrogens is 362 g/mol. The maximum absolute atomic E-state index is 12.6. The first-order valence-corrected chi connectivity index (χ1v) is 8.18. The van der Waals surface area contributed by atoms with Gasteiger partial charge in [0.05, 0.1) is 10.3 Å². The van der Waals surface area contributed by atoms with Gasteiger partial charge >= 0.3 is 11.9 Å². The van der Waals surface area contributed by atoms with Crippen LogP contribution in [-0.4, -0.2) is 26.8 Å². The van der Waals surface area contributed by atoms with E-state index in [-0.39, 0.29) is 27.8 Å². The molecule has 4 aromatic rings. The molecule has 0 spiro atoms. The molecule has 0 atom stereocenters. The number of pyridine rings is 2. The minimum Gasteiger partial charge on any atom is -0.383 e. The third-order valence-electron chi connectivity index (χ3n) is 4.23. The number of ether oxygens (including phenoxy) is 1. The van der Waals surface area contributed by atoms with Crippen LogP contribution >= 0.6 is 0 Å². The number of nitro benzene ring substituents is 1. The summed E-state index contributed by atoms with van der Waals surface area (Å²) in [6, 6.07) is 14.5. The molecule has 8 nitrogen and oxygen atoms in total. The van der Waals surface area contributed by atoms with Crippen molar-refractivity contribution in [1.29, 1.82) is 0 Å². The van der Waals surface area contributed by atoms with E-state index >= 15 is 0 Å². The number of fused-ring (bicyclic) bond motifs is 2. The van der Waals surface area contributed by atoms with E-state index in [0.717, 1.165) is 5.39 Å². The summed E-state index contributed by atoms with van der Waals surface area (Å²) in [6.45, 7) is 0. The van der Waals surface area contributed by atoms with Crippen molar-refractivity contribution < 1.29 is 19.2 Å². The first-order chi connectivity index (χ1) is 13.6. The predicted octanol–water partition coefficient (Wildman–Crippen LogP) is 3.69. The highest BCUT2D eigenvalue weighted by Crippen LogP contribution is 2.27. The number of carbonyl (C=O) groups excluding carboxylic acids is 2. The van der Waals surface area contributed by atoms with Gasteiger partial charge in [-0.3, -0.25) is 10.1 Å². The van der Waals surface area contributed by atoms with Crippen molar-refractivity contribution in [3.8, 4) is 0 Å². The molecular formula is C20H11N3O5. The van der Waals surface area contributed by atoms with Gasteiger partial charge < -0.3 is 4.74 Å². The summed E-state index contributed by atoms with van der Waals surface area (Å²) < 4.78 is 4.97. The van der Waals surface area contributed by atoms with Crippen molar-refractivity contribution in [2.24, 2.45) is 0 Å². The molecule has 0 aliphatic rings. The third kappa shape index (κ3) is 2.92. The molecule has 8 heteroatoms. The molecule has 2 heterocycles. The number of esters is 2. The standard InChI is InChI=1S/C20H11N3O5/c24-19(17-13-5-2-1-4-12(13)8-10-21-17)28-20(25)18-15-6-3-7-16(23(26)27)14(15)9-11-22-18/h1-11H. The van der Waals surface area contributed by atoms with Crippen LogP contribution in [-0.2, 0) is 4.74 Å². The minimum atomic E-state index is -1.01. The fourth-order valence-corrected chi connectivity index (χ4v) is 2.98. The van der Waals surface area contributed by atoms with Crippen molar-refractivity contribution in [3.05, 3.63) is 88.5 Å². The zero-order chi connectivity index (χ0) is 19.7. The molecule has 0 aliphatic heterocycles. The average Bonchev–Trinajstić information content (AvgIpc) is 2.72. The Hall–Kier alpha value is -4.20. The predicted molar refractivity (Wildman–Crippen MR) is 99.9 cm³/mol. The molecule has 0 N–H and O–H groups in total. The Bertz CT molecular complexity index is 1260. The number of benzene rings is 2. The van der Waals surface area contributed by atoms with Gasteiger partial charge in [0, 0.05) is 29.2 Å². The molecule has 2 aromatic carbocycles. The van der Waals surface area contributed by atoms with Crippen LogP contribution in [0.25, 0.3) is 21.5 Å². The summed E-state index contributed by atoms with van der Waals surface area (Å²) in [5, 5.41) is 13.0. The highest BCUT2D eigenvalue weighted by molar-refractivity contribution is 6.11. The second-order valence-corrected chi connectivity index (χ2v) is 5.85. The monoisotopic (exact) mass is 373 g/mol. The van der Waals surface area contributed by atoms with Gasteiger partial charge in [0.1, 0.15) is 0 Å². The van der Waals surface area contributed by atoms with Gasteiger partial charge in [0.15, 0.2) is 11.4 Å². The number of hydrogen-bond donors (Lipinski definition) is 0. The molecule has 0 unspecified atom stereocenters. The Balaban J connectivity index is 1.72. The third-order valence-corrected chi connectivity index (χ3v) is 4.23. The van der Waals surface area contributed by atoms with E-state index < -0.39 is 16.9 Å². The molecule has 4 rings (SSSR count). The van der Waals surface area contributed by atoms with Crippen LogP contribution < -0.4 is 0 Å². The summed E-state index contributed by atoms with van der Waals surface area (Å²) in [5.74, 6) is -1.93. The highest BCUT2D eigenvalue weighted by atomic mass is 16.6. The quantitative estimate of drug-likeness (QED) is 0.233. The lowest BCUT2D eigenvalue weighted by Crippen LogP contribution is -2.16. The van der Waals surface area contributed by atoms with Crippen molar-refractivity contribution in [2.45, 2.75) is 0 Å². The fraction of sp³-hybridized carbons (Fsp3) is 0. The normalized spacial score (nSPS) is 10.7. The Labute approximate surface area is 157 Å². The van der Waals surface area contributed by atoms with Crippen molar-refractivity contribution in [3.63, 3.8) is 0 Å². The number of nitro groups is 1. The van der Waals surface area contributed by atoms with Gasteiger partial charge in [0.2, 0.25) is 0 Å². The topological polar surface area (TPSA) is 112 Å². The van der Waals surface area contributed by atoms with Gasteiger partial charge in [-0.2, -0.15) is 0 Å². The zero-order valence-electron chi connectivity index (χ0n) is 14.2. The van der Waals surface area contributed by atoms with Crippen molar-refractivity contribution in [1.82, 2.24) is 9.97 Å². The van der Waals surface area contributed by atoms with E-state index in [1.165, 1.54) is 36.7 Å². The van der Waals surface area contributed by atoms with Gasteiger partial charge in [-0.25, -0.2) is 19.6 Å². The zero-order valence-corrected chi connectivity index (χ0v) is 14.2. The largest absolute Gasteiger partial charge is 0.383 e. The lowest BCUT2D eigenvalue weighted by Gasteiger charge is -2.07. The molecule has 0 fully saturated rings. The summed E-state index contributed by atoms with van der Waals surface area (Å²) >= 11 is 0. The van der Waals surface area contributed by atoms with Crippen LogP contribution in [0.5, 0.6) is 0 Å². The Kier molecular flexibility index (Phi) is 4.21. The number of nitrogens with zero attached hydrogens (tertiary/aromatic N) is 3. The summed E-state index contributed by atoms with van der Waals surface area (Å²) in [4.78, 5) is 43.7. The van der Waals surface area contributed by atoms with E-state index in [1.807, 2.05) is 6.07 Å². The SMILES string of the molecule is O=C(OC(=O)c1nccc2c([N+](=O)[O-])cccc12)c1nccc2ccccc12. The van der Waals surface area contributed by atoms with E-state index in [2.05, 4.69) is 9.97 Å². The number of non-ortho nitro benzene ring substituents is 1. The smallest absolute Gasteiger partial charge is 0.365 e. The Morgan fingerprint density at radius 3 is 2.18 bits per heavy atom. The van der Waals surface area contributed by atoms with Crippen LogP contribution in [0, 0.1) is 10.1 Å². The highest BCUT2D eigenvalue weighted by Gasteiger charge is 2.23. The van der Waals surface area contributed by atoms with Gasteiger partial charge in [0.25, 0.3) is 5.69 Å². The molecule has 136 valence electrons. The molecule has 0 saturated carbocycles. The van der Waals surface area contributed by atoms with E-state index in [4.69, 9.17) is 4.74 Å². The van der Waals surface area contributed by atoms with Crippen LogP contribution in [0.2, 0.25) is 0 Å². The Morgan fingerprint density at radius 1 is 0.786 bits per heavy atom. The molecule has 0 bridgehead atoms. The van der Waals surface area contributed by atoms with E-state index in [0.29, 0.717) is 5.39 Å². The van der Waals surface area contributed by atoms with E-state index in [9.17, 15) is 19.7 Å². The first kappa shape index (κ1) is 17.2. The number of rotatable bonds is 3. The second kappa shape index (κ2) is 6.84. The van der Waals surface area contributed by atoms with Crippen LogP contribution in [0.15, 0.2) is 67.0 Å². The van der Waals surface area contributed by atoms with E-state index in [1.54, 1.807) is 24.3 Å². The molecule has 28 heavy (non-hydrogen) atoms. The maximum atomic E-state index is 12.6. The number of hydrogen-bond acceptors (Lipinski definition) is 7. The summed E-state index contributed by atoms with van der Waals surface area (Å²) in [7, 11) is 0. The van der Waals surface area contributed by atoms with Crippen molar-refractivity contribution >= 4 is 39.2 Å². The molecule has 0 aliphatic carbocycles. The first-order valence-electron chi connectivity index (χ1n) is 8.18. The number of aromatic nitrogens is 2. The minimum absolute atomic E-state index is 0.00216. The maximum Gasteiger partial charge on any atom is 0.365 e.